The molecule has 0 aliphatic carbocycles. The van der Waals surface area contributed by atoms with Crippen molar-refractivity contribution in [1.82, 2.24) is 4.90 Å². The van der Waals surface area contributed by atoms with Gasteiger partial charge in [0.2, 0.25) is 0 Å². The van der Waals surface area contributed by atoms with Gasteiger partial charge in [-0.1, -0.05) is 0 Å². The molecule has 0 aliphatic rings. The number of alkyl halides is 3. The molecular weight excluding hydrogens is 231 g/mol. The zero-order valence-corrected chi connectivity index (χ0v) is 8.33. The third-order valence-corrected chi connectivity index (χ3v) is 1.71. The molecule has 2 N–H and O–H groups in total. The molecular formula is C8H12F3NO4. The van der Waals surface area contributed by atoms with E-state index in [1.807, 2.05) is 0 Å². The number of carbonyl (C=O) groups excluding carboxylic acids is 1. The van der Waals surface area contributed by atoms with Gasteiger partial charge in [0.1, 0.15) is 0 Å². The summed E-state index contributed by atoms with van der Waals surface area (Å²) in [5.74, 6) is -3.37. The molecule has 0 spiro atoms. The van der Waals surface area contributed by atoms with E-state index in [9.17, 15) is 22.8 Å². The van der Waals surface area contributed by atoms with Crippen LogP contribution in [0.2, 0.25) is 0 Å². The first-order valence-corrected chi connectivity index (χ1v) is 4.47. The number of carbonyl (C=O) groups is 2. The Morgan fingerprint density at radius 2 is 1.75 bits per heavy atom. The van der Waals surface area contributed by atoms with Crippen molar-refractivity contribution in [1.29, 1.82) is 0 Å². The molecule has 0 unspecified atom stereocenters. The maximum Gasteiger partial charge on any atom is 0.471 e. The molecule has 0 heterocycles. The quantitative estimate of drug-likeness (QED) is 0.700. The first kappa shape index (κ1) is 14.7. The minimum atomic E-state index is -5.02. The summed E-state index contributed by atoms with van der Waals surface area (Å²) in [5, 5.41) is 16.7. The molecule has 0 saturated carbocycles. The molecule has 0 aromatic heterocycles. The number of hydrogen-bond donors (Lipinski definition) is 2. The van der Waals surface area contributed by atoms with Crippen LogP contribution in [0.15, 0.2) is 0 Å². The van der Waals surface area contributed by atoms with Gasteiger partial charge in [-0.25, -0.2) is 0 Å². The van der Waals surface area contributed by atoms with Gasteiger partial charge in [-0.05, 0) is 6.42 Å². The molecule has 94 valence electrons. The van der Waals surface area contributed by atoms with Crippen LogP contribution in [0.1, 0.15) is 12.8 Å². The first-order chi connectivity index (χ1) is 7.29. The van der Waals surface area contributed by atoms with E-state index in [4.69, 9.17) is 10.2 Å². The van der Waals surface area contributed by atoms with Gasteiger partial charge in [-0.2, -0.15) is 13.2 Å². The first-order valence-electron chi connectivity index (χ1n) is 4.47. The number of aliphatic hydroxyl groups excluding tert-OH is 1. The summed E-state index contributed by atoms with van der Waals surface area (Å²) in [6, 6.07) is 0. The Morgan fingerprint density at radius 1 is 1.19 bits per heavy atom. The summed E-state index contributed by atoms with van der Waals surface area (Å²) >= 11 is 0. The van der Waals surface area contributed by atoms with Crippen LogP contribution < -0.4 is 0 Å². The molecule has 0 saturated heterocycles. The van der Waals surface area contributed by atoms with E-state index in [1.165, 1.54) is 0 Å². The molecule has 0 aliphatic heterocycles. The van der Waals surface area contributed by atoms with E-state index in [-0.39, 0.29) is 19.6 Å². The van der Waals surface area contributed by atoms with Crippen molar-refractivity contribution in [3.8, 4) is 0 Å². The number of hydrogen-bond acceptors (Lipinski definition) is 3. The second kappa shape index (κ2) is 6.31. The molecule has 0 aromatic carbocycles. The Balaban J connectivity index is 4.41. The normalized spacial score (nSPS) is 11.2. The van der Waals surface area contributed by atoms with Gasteiger partial charge in [0.15, 0.2) is 0 Å². The number of carboxylic acid groups (broad SMARTS) is 1. The van der Waals surface area contributed by atoms with E-state index in [0.29, 0.717) is 4.90 Å². The van der Waals surface area contributed by atoms with Gasteiger partial charge in [0.25, 0.3) is 0 Å². The molecule has 0 rings (SSSR count). The molecule has 0 atom stereocenters. The van der Waals surface area contributed by atoms with Crippen molar-refractivity contribution >= 4 is 11.9 Å². The average molecular weight is 243 g/mol. The van der Waals surface area contributed by atoms with Crippen molar-refractivity contribution in [2.24, 2.45) is 0 Å². The minimum Gasteiger partial charge on any atom is -0.481 e. The van der Waals surface area contributed by atoms with E-state index in [2.05, 4.69) is 0 Å². The van der Waals surface area contributed by atoms with Gasteiger partial charge in [-0.3, -0.25) is 9.59 Å². The fourth-order valence-electron chi connectivity index (χ4n) is 0.986. The number of carboxylic acids is 1. The molecule has 0 aromatic rings. The van der Waals surface area contributed by atoms with Crippen molar-refractivity contribution in [3.63, 3.8) is 0 Å². The maximum absolute atomic E-state index is 12.0. The maximum atomic E-state index is 12.0. The van der Waals surface area contributed by atoms with Crippen molar-refractivity contribution in [2.45, 2.75) is 19.0 Å². The lowest BCUT2D eigenvalue weighted by atomic mass is 10.3. The fraction of sp³-hybridized carbons (Fsp3) is 0.750. The van der Waals surface area contributed by atoms with E-state index in [0.717, 1.165) is 0 Å². The molecule has 0 radical (unpaired) electrons. The Morgan fingerprint density at radius 3 is 2.12 bits per heavy atom. The molecule has 5 nitrogen and oxygen atoms in total. The highest BCUT2D eigenvalue weighted by molar-refractivity contribution is 5.82. The van der Waals surface area contributed by atoms with Crippen molar-refractivity contribution in [2.75, 3.05) is 19.7 Å². The van der Waals surface area contributed by atoms with Crippen molar-refractivity contribution < 1.29 is 33.0 Å². The van der Waals surface area contributed by atoms with E-state index < -0.39 is 31.0 Å². The topological polar surface area (TPSA) is 77.8 Å². The van der Waals surface area contributed by atoms with Gasteiger partial charge in [0.05, 0.1) is 6.42 Å². The number of rotatable bonds is 6. The number of halogens is 3. The van der Waals surface area contributed by atoms with Crippen LogP contribution in [0, 0.1) is 0 Å². The summed E-state index contributed by atoms with van der Waals surface area (Å²) in [5.41, 5.74) is 0. The van der Waals surface area contributed by atoms with Crippen LogP contribution in [0.4, 0.5) is 13.2 Å². The summed E-state index contributed by atoms with van der Waals surface area (Å²) < 4.78 is 36.1. The van der Waals surface area contributed by atoms with E-state index >= 15 is 0 Å². The Bertz CT molecular complexity index is 254. The fourth-order valence-corrected chi connectivity index (χ4v) is 0.986. The molecule has 0 fully saturated rings. The monoisotopic (exact) mass is 243 g/mol. The predicted molar refractivity (Wildman–Crippen MR) is 46.6 cm³/mol. The number of aliphatic hydroxyl groups is 1. The van der Waals surface area contributed by atoms with Gasteiger partial charge in [-0.15, -0.1) is 0 Å². The Hall–Kier alpha value is -1.31. The molecule has 8 heteroatoms. The van der Waals surface area contributed by atoms with Crippen LogP contribution in [0.5, 0.6) is 0 Å². The average Bonchev–Trinajstić information content (AvgIpc) is 2.15. The second-order valence-electron chi connectivity index (χ2n) is 3.01. The Labute approximate surface area is 89.5 Å². The third-order valence-electron chi connectivity index (χ3n) is 1.71. The number of aliphatic carboxylic acids is 1. The molecule has 16 heavy (non-hydrogen) atoms. The smallest absolute Gasteiger partial charge is 0.471 e. The minimum absolute atomic E-state index is 0.0264. The highest BCUT2D eigenvalue weighted by Crippen LogP contribution is 2.18. The lowest BCUT2D eigenvalue weighted by Crippen LogP contribution is -2.42. The van der Waals surface area contributed by atoms with Crippen LogP contribution in [-0.4, -0.2) is 52.9 Å². The van der Waals surface area contributed by atoms with Gasteiger partial charge >= 0.3 is 18.1 Å². The summed E-state index contributed by atoms with van der Waals surface area (Å²) in [7, 11) is 0. The Kier molecular flexibility index (Phi) is 5.79. The predicted octanol–water partition coefficient (Wildman–Crippen LogP) is 0.234. The van der Waals surface area contributed by atoms with Gasteiger partial charge < -0.3 is 15.1 Å². The standard InChI is InChI=1S/C8H12F3NO4/c9-8(10,11)7(16)12(3-1-5-13)4-2-6(14)15/h13H,1-5H2,(H,14,15). The van der Waals surface area contributed by atoms with E-state index in [1.54, 1.807) is 0 Å². The zero-order chi connectivity index (χ0) is 12.8. The molecule has 1 amide bonds. The lowest BCUT2D eigenvalue weighted by molar-refractivity contribution is -0.185. The summed E-state index contributed by atoms with van der Waals surface area (Å²) in [4.78, 5) is 21.4. The highest BCUT2D eigenvalue weighted by atomic mass is 19.4. The van der Waals surface area contributed by atoms with Crippen LogP contribution >= 0.6 is 0 Å². The summed E-state index contributed by atoms with van der Waals surface area (Å²) in [6.45, 7) is -1.20. The third kappa shape index (κ3) is 5.54. The largest absolute Gasteiger partial charge is 0.481 e. The van der Waals surface area contributed by atoms with Gasteiger partial charge in [0, 0.05) is 19.7 Å². The van der Waals surface area contributed by atoms with Crippen LogP contribution in [-0.2, 0) is 9.59 Å². The molecule has 0 bridgehead atoms. The SMILES string of the molecule is O=C(O)CCN(CCCO)C(=O)C(F)(F)F. The van der Waals surface area contributed by atoms with Crippen LogP contribution in [0.25, 0.3) is 0 Å². The summed E-state index contributed by atoms with van der Waals surface area (Å²) in [6.07, 6.45) is -5.61. The van der Waals surface area contributed by atoms with Crippen LogP contribution in [0.3, 0.4) is 0 Å². The number of amides is 1. The number of nitrogens with zero attached hydrogens (tertiary/aromatic N) is 1. The zero-order valence-electron chi connectivity index (χ0n) is 8.33. The second-order valence-corrected chi connectivity index (χ2v) is 3.01. The lowest BCUT2D eigenvalue weighted by Gasteiger charge is -2.22. The van der Waals surface area contributed by atoms with Crippen molar-refractivity contribution in [3.05, 3.63) is 0 Å². The highest BCUT2D eigenvalue weighted by Gasteiger charge is 2.42.